The molecule has 2 heterocycles. The summed E-state index contributed by atoms with van der Waals surface area (Å²) in [5, 5.41) is 0. The first kappa shape index (κ1) is 13.9. The number of hydrogen-bond donors (Lipinski definition) is 1. The van der Waals surface area contributed by atoms with Gasteiger partial charge >= 0.3 is 0 Å². The Morgan fingerprint density at radius 1 is 1.14 bits per heavy atom. The number of rotatable bonds is 3. The van der Waals surface area contributed by atoms with E-state index in [1.807, 2.05) is 6.07 Å². The molecule has 1 aliphatic rings. The van der Waals surface area contributed by atoms with Crippen molar-refractivity contribution in [2.45, 2.75) is 6.54 Å². The third-order valence-electron chi connectivity index (χ3n) is 3.41. The van der Waals surface area contributed by atoms with Gasteiger partial charge in [0.05, 0.1) is 24.6 Å². The molecule has 0 aliphatic carbocycles. The van der Waals surface area contributed by atoms with Crippen LogP contribution in [0.1, 0.15) is 5.69 Å². The van der Waals surface area contributed by atoms with Gasteiger partial charge in [-0.15, -0.1) is 0 Å². The molecule has 6 heteroatoms. The second-order valence-electron chi connectivity index (χ2n) is 4.85. The van der Waals surface area contributed by atoms with Crippen molar-refractivity contribution in [1.29, 1.82) is 0 Å². The maximum absolute atomic E-state index is 13.0. The molecule has 0 atom stereocenters. The van der Waals surface area contributed by atoms with Crippen LogP contribution in [0.4, 0.5) is 10.3 Å². The van der Waals surface area contributed by atoms with Gasteiger partial charge in [0.15, 0.2) is 0 Å². The molecule has 1 aromatic heterocycles. The summed E-state index contributed by atoms with van der Waals surface area (Å²) in [5.74, 6) is 0.390. The highest BCUT2D eigenvalue weighted by atomic mass is 19.1. The molecular weight excluding hydrogens is 271 g/mol. The zero-order chi connectivity index (χ0) is 14.7. The number of benzene rings is 1. The van der Waals surface area contributed by atoms with Crippen LogP contribution in [0.15, 0.2) is 30.3 Å². The van der Waals surface area contributed by atoms with Gasteiger partial charge in [-0.1, -0.05) is 0 Å². The number of nitrogens with two attached hydrogens (primary N) is 1. The van der Waals surface area contributed by atoms with E-state index in [9.17, 15) is 4.39 Å². The lowest BCUT2D eigenvalue weighted by molar-refractivity contribution is 0.122. The smallest absolute Gasteiger partial charge is 0.226 e. The molecule has 21 heavy (non-hydrogen) atoms. The maximum Gasteiger partial charge on any atom is 0.226 e. The molecule has 0 radical (unpaired) electrons. The van der Waals surface area contributed by atoms with Crippen molar-refractivity contribution in [1.82, 2.24) is 9.97 Å². The lowest BCUT2D eigenvalue weighted by Crippen LogP contribution is -2.37. The van der Waals surface area contributed by atoms with E-state index < -0.39 is 0 Å². The average Bonchev–Trinajstić information content (AvgIpc) is 2.56. The fraction of sp³-hybridized carbons (Fsp3) is 0.333. The summed E-state index contributed by atoms with van der Waals surface area (Å²) in [6.45, 7) is 3.20. The molecule has 2 N–H and O–H groups in total. The van der Waals surface area contributed by atoms with Gasteiger partial charge in [-0.05, 0) is 30.3 Å². The summed E-state index contributed by atoms with van der Waals surface area (Å²) in [7, 11) is 0. The Labute approximate surface area is 122 Å². The number of halogens is 1. The second-order valence-corrected chi connectivity index (χ2v) is 4.85. The van der Waals surface area contributed by atoms with E-state index in [4.69, 9.17) is 10.5 Å². The van der Waals surface area contributed by atoms with Crippen LogP contribution in [0.5, 0.6) is 0 Å². The van der Waals surface area contributed by atoms with Gasteiger partial charge in [0, 0.05) is 25.2 Å². The SMILES string of the molecule is NCc1cc(-c2ccc(F)cc2)nc(N2CCOCC2)n1. The Kier molecular flexibility index (Phi) is 4.08. The molecule has 110 valence electrons. The van der Waals surface area contributed by atoms with Crippen LogP contribution < -0.4 is 10.6 Å². The van der Waals surface area contributed by atoms with Gasteiger partial charge in [0.2, 0.25) is 5.95 Å². The van der Waals surface area contributed by atoms with Crippen LogP contribution in [0.25, 0.3) is 11.3 Å². The van der Waals surface area contributed by atoms with E-state index in [2.05, 4.69) is 14.9 Å². The van der Waals surface area contributed by atoms with Gasteiger partial charge in [-0.2, -0.15) is 0 Å². The highest BCUT2D eigenvalue weighted by Crippen LogP contribution is 2.21. The molecule has 1 aliphatic heterocycles. The summed E-state index contributed by atoms with van der Waals surface area (Å²) < 4.78 is 18.4. The second kappa shape index (κ2) is 6.15. The zero-order valence-corrected chi connectivity index (χ0v) is 11.6. The number of aromatic nitrogens is 2. The van der Waals surface area contributed by atoms with Crippen molar-refractivity contribution in [3.05, 3.63) is 41.8 Å². The van der Waals surface area contributed by atoms with E-state index in [1.165, 1.54) is 12.1 Å². The number of morpholine rings is 1. The van der Waals surface area contributed by atoms with Gasteiger partial charge in [0.1, 0.15) is 5.82 Å². The van der Waals surface area contributed by atoms with Crippen LogP contribution in [0.3, 0.4) is 0 Å². The van der Waals surface area contributed by atoms with Crippen molar-refractivity contribution in [3.63, 3.8) is 0 Å². The van der Waals surface area contributed by atoms with Gasteiger partial charge in [0.25, 0.3) is 0 Å². The molecule has 2 aromatic rings. The summed E-state index contributed by atoms with van der Waals surface area (Å²) in [6, 6.07) is 8.11. The third kappa shape index (κ3) is 3.17. The van der Waals surface area contributed by atoms with Crippen LogP contribution in [0.2, 0.25) is 0 Å². The van der Waals surface area contributed by atoms with E-state index >= 15 is 0 Å². The van der Waals surface area contributed by atoms with E-state index in [1.54, 1.807) is 12.1 Å². The van der Waals surface area contributed by atoms with Crippen LogP contribution in [-0.4, -0.2) is 36.3 Å². The standard InChI is InChI=1S/C15H17FN4O/c16-12-3-1-11(2-4-12)14-9-13(10-17)18-15(19-14)20-5-7-21-8-6-20/h1-4,9H,5-8,10,17H2. The van der Waals surface area contributed by atoms with E-state index in [-0.39, 0.29) is 5.82 Å². The normalized spacial score (nSPS) is 15.2. The topological polar surface area (TPSA) is 64.3 Å². The fourth-order valence-electron chi connectivity index (χ4n) is 2.26. The van der Waals surface area contributed by atoms with Crippen molar-refractivity contribution < 1.29 is 9.13 Å². The summed E-state index contributed by atoms with van der Waals surface area (Å²) in [6.07, 6.45) is 0. The molecule has 1 aromatic carbocycles. The highest BCUT2D eigenvalue weighted by molar-refractivity contribution is 5.61. The largest absolute Gasteiger partial charge is 0.378 e. The first-order valence-corrected chi connectivity index (χ1v) is 6.93. The first-order chi connectivity index (χ1) is 10.3. The van der Waals surface area contributed by atoms with Crippen LogP contribution >= 0.6 is 0 Å². The summed E-state index contributed by atoms with van der Waals surface area (Å²) in [5.41, 5.74) is 8.10. The number of hydrogen-bond acceptors (Lipinski definition) is 5. The number of anilines is 1. The molecule has 0 unspecified atom stereocenters. The Hall–Kier alpha value is -2.05. The monoisotopic (exact) mass is 288 g/mol. The Morgan fingerprint density at radius 2 is 1.86 bits per heavy atom. The number of ether oxygens (including phenoxy) is 1. The van der Waals surface area contributed by atoms with Crippen molar-refractivity contribution in [2.24, 2.45) is 5.73 Å². The van der Waals surface area contributed by atoms with Gasteiger partial charge < -0.3 is 15.4 Å². The first-order valence-electron chi connectivity index (χ1n) is 6.93. The van der Waals surface area contributed by atoms with Gasteiger partial charge in [-0.25, -0.2) is 14.4 Å². The lowest BCUT2D eigenvalue weighted by Gasteiger charge is -2.27. The molecule has 1 fully saturated rings. The van der Waals surface area contributed by atoms with E-state index in [0.29, 0.717) is 25.7 Å². The zero-order valence-electron chi connectivity index (χ0n) is 11.6. The minimum absolute atomic E-state index is 0.264. The molecule has 1 saturated heterocycles. The lowest BCUT2D eigenvalue weighted by atomic mass is 10.1. The van der Waals surface area contributed by atoms with Gasteiger partial charge in [-0.3, -0.25) is 0 Å². The fourth-order valence-corrected chi connectivity index (χ4v) is 2.26. The Bertz CT molecular complexity index is 612. The summed E-state index contributed by atoms with van der Waals surface area (Å²) >= 11 is 0. The van der Waals surface area contributed by atoms with Crippen molar-refractivity contribution in [2.75, 3.05) is 31.2 Å². The third-order valence-corrected chi connectivity index (χ3v) is 3.41. The minimum atomic E-state index is -0.264. The van der Waals surface area contributed by atoms with Crippen molar-refractivity contribution in [3.8, 4) is 11.3 Å². The summed E-state index contributed by atoms with van der Waals surface area (Å²) in [4.78, 5) is 11.1. The predicted octanol–water partition coefficient (Wildman–Crippen LogP) is 1.58. The molecule has 0 spiro atoms. The van der Waals surface area contributed by atoms with Crippen LogP contribution in [-0.2, 0) is 11.3 Å². The highest BCUT2D eigenvalue weighted by Gasteiger charge is 2.16. The Balaban J connectivity index is 1.98. The number of nitrogens with zero attached hydrogens (tertiary/aromatic N) is 3. The molecule has 3 rings (SSSR count). The molecule has 5 nitrogen and oxygen atoms in total. The average molecular weight is 288 g/mol. The molecular formula is C15H17FN4O. The van der Waals surface area contributed by atoms with Crippen molar-refractivity contribution >= 4 is 5.95 Å². The molecule has 0 amide bonds. The minimum Gasteiger partial charge on any atom is -0.378 e. The maximum atomic E-state index is 13.0. The molecule has 0 saturated carbocycles. The predicted molar refractivity (Wildman–Crippen MR) is 78.3 cm³/mol. The molecule has 0 bridgehead atoms. The van der Waals surface area contributed by atoms with E-state index in [0.717, 1.165) is 30.0 Å². The Morgan fingerprint density at radius 3 is 2.52 bits per heavy atom. The quantitative estimate of drug-likeness (QED) is 0.929. The van der Waals surface area contributed by atoms with Crippen LogP contribution in [0, 0.1) is 5.82 Å².